The number of hydrogen-bond acceptors (Lipinski definition) is 2. The Balaban J connectivity index is 0.000000240. The van der Waals surface area contributed by atoms with Gasteiger partial charge in [0.05, 0.1) is 30.1 Å². The predicted molar refractivity (Wildman–Crippen MR) is 106 cm³/mol. The molecule has 12 heteroatoms. The molecule has 0 aromatic heterocycles. The Bertz CT molecular complexity index is 528. The van der Waals surface area contributed by atoms with Crippen LogP contribution in [0, 0.1) is 0 Å². The monoisotopic (exact) mass is 528 g/mol. The van der Waals surface area contributed by atoms with Crippen LogP contribution in [0.2, 0.25) is 50.2 Å². The van der Waals surface area contributed by atoms with Crippen LogP contribution in [0.3, 0.4) is 0 Å². The molecular weight excluding hydrogens is 531 g/mol. The van der Waals surface area contributed by atoms with Gasteiger partial charge in [-0.15, -0.1) is 0 Å². The highest BCUT2D eigenvalue weighted by Gasteiger charge is 2.19. The molecular formula is C12H2Cl10O2. The van der Waals surface area contributed by atoms with Crippen molar-refractivity contribution in [3.63, 3.8) is 0 Å². The van der Waals surface area contributed by atoms with E-state index in [1.54, 1.807) is 0 Å². The summed E-state index contributed by atoms with van der Waals surface area (Å²) in [4.78, 5) is 0. The zero-order chi connectivity index (χ0) is 18.9. The van der Waals surface area contributed by atoms with E-state index in [0.717, 1.165) is 0 Å². The van der Waals surface area contributed by atoms with Gasteiger partial charge in [0.2, 0.25) is 0 Å². The third-order valence-electron chi connectivity index (χ3n) is 2.37. The van der Waals surface area contributed by atoms with Gasteiger partial charge in [-0.2, -0.15) is 0 Å². The van der Waals surface area contributed by atoms with Gasteiger partial charge in [0.25, 0.3) is 0 Å². The first-order valence-electron chi connectivity index (χ1n) is 5.34. The Morgan fingerprint density at radius 3 is 0.583 bits per heavy atom. The zero-order valence-corrected chi connectivity index (χ0v) is 18.2. The normalized spacial score (nSPS) is 10.4. The van der Waals surface area contributed by atoms with Crippen molar-refractivity contribution in [1.82, 2.24) is 0 Å². The molecule has 2 aromatic rings. The Kier molecular flexibility index (Phi) is 8.84. The van der Waals surface area contributed by atoms with E-state index in [0.29, 0.717) is 0 Å². The number of halogens is 10. The first kappa shape index (κ1) is 23.0. The quantitative estimate of drug-likeness (QED) is 0.262. The van der Waals surface area contributed by atoms with Gasteiger partial charge >= 0.3 is 0 Å². The highest BCUT2D eigenvalue weighted by molar-refractivity contribution is 6.56. The molecule has 0 bridgehead atoms. The van der Waals surface area contributed by atoms with Crippen molar-refractivity contribution in [3.05, 3.63) is 50.2 Å². The van der Waals surface area contributed by atoms with Gasteiger partial charge in [-0.1, -0.05) is 116 Å². The Labute approximate surface area is 186 Å². The maximum absolute atomic E-state index is 9.20. The third-order valence-corrected chi connectivity index (χ3v) is 6.89. The number of hydrogen-bond donors (Lipinski definition) is 2. The van der Waals surface area contributed by atoms with Crippen molar-refractivity contribution < 1.29 is 10.2 Å². The lowest BCUT2D eigenvalue weighted by atomic mass is 10.3. The number of phenolic OH excluding ortho intramolecular Hbond substituents is 2. The van der Waals surface area contributed by atoms with Crippen molar-refractivity contribution in [1.29, 1.82) is 0 Å². The predicted octanol–water partition coefficient (Wildman–Crippen LogP) is 9.32. The molecule has 0 aliphatic heterocycles. The SMILES string of the molecule is Oc1c(Cl)c(Cl)c(Cl)c(Cl)c1Cl.Oc1c(Cl)c(Cl)c(Cl)c(Cl)c1Cl. The van der Waals surface area contributed by atoms with E-state index in [-0.39, 0.29) is 61.7 Å². The Hall–Kier alpha value is 0.940. The molecule has 2 nitrogen and oxygen atoms in total. The largest absolute Gasteiger partial charge is 0.505 e. The standard InChI is InChI=1S/2C6HCl5O/c2*7-1-2(8)4(10)6(12)5(11)3(1)9/h2*12H. The minimum absolute atomic E-state index is 0.00904. The summed E-state index contributed by atoms with van der Waals surface area (Å²) < 4.78 is 0. The smallest absolute Gasteiger partial charge is 0.155 e. The summed E-state index contributed by atoms with van der Waals surface area (Å²) in [6.07, 6.45) is 0. The second kappa shape index (κ2) is 9.23. The first-order chi connectivity index (χ1) is 10.9. The lowest BCUT2D eigenvalue weighted by Gasteiger charge is -2.06. The van der Waals surface area contributed by atoms with Crippen molar-refractivity contribution in [2.75, 3.05) is 0 Å². The highest BCUT2D eigenvalue weighted by Crippen LogP contribution is 2.48. The molecule has 0 aliphatic rings. The minimum atomic E-state index is -0.363. The Morgan fingerprint density at radius 2 is 0.417 bits per heavy atom. The van der Waals surface area contributed by atoms with Crippen LogP contribution in [0.25, 0.3) is 0 Å². The maximum atomic E-state index is 9.20. The van der Waals surface area contributed by atoms with E-state index in [9.17, 15) is 10.2 Å². The summed E-state index contributed by atoms with van der Waals surface area (Å²) in [5.41, 5.74) is 0. The number of aromatic hydroxyl groups is 2. The summed E-state index contributed by atoms with van der Waals surface area (Å²) in [5, 5.41) is 18.0. The molecule has 0 amide bonds. The molecule has 0 heterocycles. The van der Waals surface area contributed by atoms with Gasteiger partial charge in [-0.25, -0.2) is 0 Å². The average Bonchev–Trinajstić information content (AvgIpc) is 2.58. The van der Waals surface area contributed by atoms with E-state index in [2.05, 4.69) is 0 Å². The van der Waals surface area contributed by atoms with Crippen LogP contribution in [0.1, 0.15) is 0 Å². The lowest BCUT2D eigenvalue weighted by Crippen LogP contribution is -1.78. The number of rotatable bonds is 0. The Morgan fingerprint density at radius 1 is 0.292 bits per heavy atom. The molecule has 0 radical (unpaired) electrons. The van der Waals surface area contributed by atoms with Crippen molar-refractivity contribution >= 4 is 116 Å². The van der Waals surface area contributed by atoms with Gasteiger partial charge in [0.15, 0.2) is 11.5 Å². The van der Waals surface area contributed by atoms with Gasteiger partial charge in [0.1, 0.15) is 20.1 Å². The average molecular weight is 533 g/mol. The maximum Gasteiger partial charge on any atom is 0.155 e. The van der Waals surface area contributed by atoms with Crippen LogP contribution in [-0.2, 0) is 0 Å². The van der Waals surface area contributed by atoms with Gasteiger partial charge in [0, 0.05) is 0 Å². The fourth-order valence-corrected chi connectivity index (χ4v) is 3.44. The second-order valence-electron chi connectivity index (χ2n) is 3.84. The fraction of sp³-hybridized carbons (Fsp3) is 0. The van der Waals surface area contributed by atoms with Crippen LogP contribution in [-0.4, -0.2) is 10.2 Å². The van der Waals surface area contributed by atoms with Crippen LogP contribution >= 0.6 is 116 Å². The van der Waals surface area contributed by atoms with E-state index in [1.807, 2.05) is 0 Å². The lowest BCUT2D eigenvalue weighted by molar-refractivity contribution is 0.475. The van der Waals surface area contributed by atoms with E-state index >= 15 is 0 Å². The topological polar surface area (TPSA) is 40.5 Å². The summed E-state index contributed by atoms with van der Waals surface area (Å²) in [5.74, 6) is -0.726. The number of benzene rings is 2. The van der Waals surface area contributed by atoms with Crippen LogP contribution in [0.15, 0.2) is 0 Å². The van der Waals surface area contributed by atoms with E-state index < -0.39 is 0 Å². The summed E-state index contributed by atoms with van der Waals surface area (Å²) >= 11 is 55.8. The van der Waals surface area contributed by atoms with E-state index in [1.165, 1.54) is 0 Å². The number of phenols is 2. The summed E-state index contributed by atoms with van der Waals surface area (Å²) in [6.45, 7) is 0. The molecule has 2 aromatic carbocycles. The minimum Gasteiger partial charge on any atom is -0.505 e. The molecule has 132 valence electrons. The van der Waals surface area contributed by atoms with Crippen molar-refractivity contribution in [3.8, 4) is 11.5 Å². The van der Waals surface area contributed by atoms with Crippen molar-refractivity contribution in [2.45, 2.75) is 0 Å². The molecule has 0 unspecified atom stereocenters. The van der Waals surface area contributed by atoms with Crippen LogP contribution in [0.4, 0.5) is 0 Å². The molecule has 0 atom stereocenters. The fourth-order valence-electron chi connectivity index (χ4n) is 1.19. The highest BCUT2D eigenvalue weighted by atomic mass is 35.5. The van der Waals surface area contributed by atoms with Crippen LogP contribution < -0.4 is 0 Å². The van der Waals surface area contributed by atoms with Crippen LogP contribution in [0.5, 0.6) is 11.5 Å². The second-order valence-corrected chi connectivity index (χ2v) is 7.62. The molecule has 0 spiro atoms. The zero-order valence-electron chi connectivity index (χ0n) is 10.7. The summed E-state index contributed by atoms with van der Waals surface area (Å²) in [6, 6.07) is 0. The van der Waals surface area contributed by atoms with E-state index in [4.69, 9.17) is 116 Å². The van der Waals surface area contributed by atoms with Crippen molar-refractivity contribution in [2.24, 2.45) is 0 Å². The van der Waals surface area contributed by atoms with Gasteiger partial charge in [-0.05, 0) is 0 Å². The molecule has 0 saturated heterocycles. The molecule has 2 N–H and O–H groups in total. The summed E-state index contributed by atoms with van der Waals surface area (Å²) in [7, 11) is 0. The third kappa shape index (κ3) is 4.61. The molecule has 0 fully saturated rings. The first-order valence-corrected chi connectivity index (χ1v) is 9.12. The molecule has 0 aliphatic carbocycles. The van der Waals surface area contributed by atoms with Gasteiger partial charge in [-0.3, -0.25) is 0 Å². The molecule has 24 heavy (non-hydrogen) atoms. The van der Waals surface area contributed by atoms with Gasteiger partial charge < -0.3 is 10.2 Å². The molecule has 2 rings (SSSR count). The molecule has 0 saturated carbocycles.